The van der Waals surface area contributed by atoms with Crippen LogP contribution in [0.25, 0.3) is 0 Å². The number of carbonyl (C=O) groups is 1. The van der Waals surface area contributed by atoms with Gasteiger partial charge in [-0.25, -0.2) is 13.2 Å². The molecule has 152 valence electrons. The van der Waals surface area contributed by atoms with Crippen molar-refractivity contribution in [2.24, 2.45) is 0 Å². The molecular weight excluding hydrogens is 458 g/mol. The first-order valence-corrected chi connectivity index (χ1v) is 9.02. The van der Waals surface area contributed by atoms with Gasteiger partial charge >= 0.3 is 6.18 Å². The van der Waals surface area contributed by atoms with Crippen molar-refractivity contribution in [3.05, 3.63) is 46.8 Å². The van der Waals surface area contributed by atoms with E-state index in [4.69, 9.17) is 0 Å². The fraction of sp³-hybridized carbons (Fsp3) is 0.438. The number of alkyl halides is 4. The van der Waals surface area contributed by atoms with E-state index in [2.05, 4.69) is 26.1 Å². The van der Waals surface area contributed by atoms with Crippen molar-refractivity contribution in [1.82, 2.24) is 19.7 Å². The molecule has 0 aliphatic carbocycles. The van der Waals surface area contributed by atoms with Crippen molar-refractivity contribution < 1.29 is 31.1 Å². The number of amides is 1. The maximum absolute atomic E-state index is 13.7. The molecule has 0 spiro atoms. The Morgan fingerprint density at radius 2 is 1.79 bits per heavy atom. The minimum atomic E-state index is -4.63. The zero-order valence-corrected chi connectivity index (χ0v) is 15.7. The second-order valence-electron chi connectivity index (χ2n) is 6.27. The van der Waals surface area contributed by atoms with Gasteiger partial charge in [0.2, 0.25) is 11.7 Å². The molecule has 5 nitrogen and oxygen atoms in total. The summed E-state index contributed by atoms with van der Waals surface area (Å²) in [5.74, 6) is -4.92. The lowest BCUT2D eigenvalue weighted by Gasteiger charge is -2.28. The maximum atomic E-state index is 13.7. The predicted molar refractivity (Wildman–Crippen MR) is 87.8 cm³/mol. The minimum absolute atomic E-state index is 0.0182. The first kappa shape index (κ1) is 20.6. The number of benzene rings is 1. The Hall–Kier alpha value is -2.11. The van der Waals surface area contributed by atoms with Gasteiger partial charge in [-0.1, -0.05) is 15.9 Å². The lowest BCUT2D eigenvalue weighted by molar-refractivity contribution is -0.148. The van der Waals surface area contributed by atoms with E-state index in [1.165, 1.54) is 4.90 Å². The van der Waals surface area contributed by atoms with Gasteiger partial charge in [-0.15, -0.1) is 10.2 Å². The third-order valence-corrected chi connectivity index (χ3v) is 4.93. The third-order valence-electron chi connectivity index (χ3n) is 4.29. The van der Waals surface area contributed by atoms with Gasteiger partial charge < -0.3 is 9.47 Å². The van der Waals surface area contributed by atoms with Crippen LogP contribution in [0, 0.1) is 17.5 Å². The van der Waals surface area contributed by atoms with Gasteiger partial charge in [-0.2, -0.15) is 13.2 Å². The number of halogens is 7. The number of hydrogen-bond acceptors (Lipinski definition) is 3. The average Bonchev–Trinajstić information content (AvgIpc) is 3.03. The second kappa shape index (κ2) is 7.72. The molecule has 0 N–H and O–H groups in total. The van der Waals surface area contributed by atoms with Gasteiger partial charge in [0.1, 0.15) is 5.82 Å². The lowest BCUT2D eigenvalue weighted by atomic mass is 10.1. The van der Waals surface area contributed by atoms with E-state index in [1.54, 1.807) is 0 Å². The van der Waals surface area contributed by atoms with Crippen LogP contribution in [0.4, 0.5) is 26.3 Å². The topological polar surface area (TPSA) is 51.0 Å². The molecule has 1 aliphatic heterocycles. The molecule has 0 saturated heterocycles. The van der Waals surface area contributed by atoms with Crippen LogP contribution >= 0.6 is 15.9 Å². The van der Waals surface area contributed by atoms with Crippen LogP contribution in [0.5, 0.6) is 0 Å². The van der Waals surface area contributed by atoms with Crippen molar-refractivity contribution in [1.29, 1.82) is 0 Å². The van der Waals surface area contributed by atoms with Crippen molar-refractivity contribution in [2.45, 2.75) is 36.9 Å². The van der Waals surface area contributed by atoms with Crippen molar-refractivity contribution in [3.8, 4) is 0 Å². The van der Waals surface area contributed by atoms with Crippen LogP contribution < -0.4 is 0 Å². The highest BCUT2D eigenvalue weighted by Crippen LogP contribution is 2.29. The molecule has 1 aromatic carbocycles. The van der Waals surface area contributed by atoms with Crippen LogP contribution in [0.15, 0.2) is 12.1 Å². The van der Waals surface area contributed by atoms with E-state index >= 15 is 0 Å². The third kappa shape index (κ3) is 4.31. The molecule has 0 saturated carbocycles. The first-order valence-electron chi connectivity index (χ1n) is 8.10. The van der Waals surface area contributed by atoms with E-state index in [1.807, 2.05) is 0 Å². The Bertz CT molecular complexity index is 900. The normalized spacial score (nSPS) is 15.5. The quantitative estimate of drug-likeness (QED) is 0.390. The fourth-order valence-corrected chi connectivity index (χ4v) is 3.56. The average molecular weight is 471 g/mol. The number of fused-ring (bicyclic) bond motifs is 1. The summed E-state index contributed by atoms with van der Waals surface area (Å²) < 4.78 is 79.4. The molecule has 0 bridgehead atoms. The monoisotopic (exact) mass is 470 g/mol. The molecule has 28 heavy (non-hydrogen) atoms. The Balaban J connectivity index is 1.63. The number of aromatic nitrogens is 3. The summed E-state index contributed by atoms with van der Waals surface area (Å²) in [5, 5.41) is 6.63. The van der Waals surface area contributed by atoms with Crippen molar-refractivity contribution >= 4 is 21.8 Å². The highest BCUT2D eigenvalue weighted by Gasteiger charge is 2.40. The molecule has 1 aliphatic rings. The van der Waals surface area contributed by atoms with E-state index < -0.39 is 40.2 Å². The van der Waals surface area contributed by atoms with E-state index in [-0.39, 0.29) is 43.9 Å². The highest BCUT2D eigenvalue weighted by atomic mass is 79.9. The van der Waals surface area contributed by atoms with Crippen LogP contribution in [0.3, 0.4) is 0 Å². The van der Waals surface area contributed by atoms with E-state index in [0.29, 0.717) is 6.07 Å². The molecule has 0 fully saturated rings. The maximum Gasteiger partial charge on any atom is 0.451 e. The summed E-state index contributed by atoms with van der Waals surface area (Å²) >= 11 is 3.21. The van der Waals surface area contributed by atoms with Gasteiger partial charge in [0.15, 0.2) is 17.5 Å². The first-order chi connectivity index (χ1) is 13.1. The molecular formula is C16H13BrF6N4O. The van der Waals surface area contributed by atoms with Crippen molar-refractivity contribution in [2.75, 3.05) is 6.54 Å². The molecule has 2 aromatic rings. The molecule has 2 heterocycles. The predicted octanol–water partition coefficient (Wildman–Crippen LogP) is 3.45. The summed E-state index contributed by atoms with van der Waals surface area (Å²) in [5.41, 5.74) is -0.0956. The Kier molecular flexibility index (Phi) is 5.69. The standard InChI is InChI=1S/C16H13BrF6N4O/c17-9(3-8-4-11(19)12(20)6-10(8)18)5-14(28)26-1-2-27-13(7-26)24-25-15(27)16(21,22)23/h4,6,9H,1-3,5,7H2. The molecule has 1 amide bonds. The van der Waals surface area contributed by atoms with Crippen LogP contribution in [0.2, 0.25) is 0 Å². The lowest BCUT2D eigenvalue weighted by Crippen LogP contribution is -2.40. The van der Waals surface area contributed by atoms with Gasteiger partial charge in [0, 0.05) is 30.4 Å². The largest absolute Gasteiger partial charge is 0.451 e. The number of rotatable bonds is 4. The van der Waals surface area contributed by atoms with E-state index in [0.717, 1.165) is 10.6 Å². The van der Waals surface area contributed by atoms with Crippen LogP contribution in [-0.2, 0) is 30.5 Å². The van der Waals surface area contributed by atoms with Crippen molar-refractivity contribution in [3.63, 3.8) is 0 Å². The Morgan fingerprint density at radius 1 is 1.11 bits per heavy atom. The summed E-state index contributed by atoms with van der Waals surface area (Å²) in [7, 11) is 0. The Morgan fingerprint density at radius 3 is 2.46 bits per heavy atom. The molecule has 1 atom stereocenters. The number of carbonyl (C=O) groups excluding carboxylic acids is 1. The zero-order chi connectivity index (χ0) is 20.6. The molecule has 1 unspecified atom stereocenters. The number of hydrogen-bond donors (Lipinski definition) is 0. The summed E-state index contributed by atoms with van der Waals surface area (Å²) in [6.07, 6.45) is -4.82. The highest BCUT2D eigenvalue weighted by molar-refractivity contribution is 9.09. The SMILES string of the molecule is O=C(CC(Br)Cc1cc(F)c(F)cc1F)N1CCn2c(nnc2C(F)(F)F)C1. The van der Waals surface area contributed by atoms with Crippen LogP contribution in [-0.4, -0.2) is 36.9 Å². The smallest absolute Gasteiger partial charge is 0.333 e. The molecule has 1 aromatic heterocycles. The molecule has 3 rings (SSSR count). The van der Waals surface area contributed by atoms with Crippen LogP contribution in [0.1, 0.15) is 23.6 Å². The summed E-state index contributed by atoms with van der Waals surface area (Å²) in [4.78, 5) is 13.1. The molecule has 0 radical (unpaired) electrons. The number of nitrogens with zero attached hydrogens (tertiary/aromatic N) is 4. The van der Waals surface area contributed by atoms with Gasteiger partial charge in [0.05, 0.1) is 6.54 Å². The Labute approximate surface area is 163 Å². The van der Waals surface area contributed by atoms with Gasteiger partial charge in [0.25, 0.3) is 0 Å². The van der Waals surface area contributed by atoms with E-state index in [9.17, 15) is 31.1 Å². The minimum Gasteiger partial charge on any atom is -0.333 e. The van der Waals surface area contributed by atoms with Gasteiger partial charge in [-0.05, 0) is 18.1 Å². The second-order valence-corrected chi connectivity index (χ2v) is 7.56. The summed E-state index contributed by atoms with van der Waals surface area (Å²) in [6, 6.07) is 1.16. The summed E-state index contributed by atoms with van der Waals surface area (Å²) in [6.45, 7) is -0.207. The fourth-order valence-electron chi connectivity index (χ4n) is 2.93. The van der Waals surface area contributed by atoms with Gasteiger partial charge in [-0.3, -0.25) is 4.79 Å². The molecule has 12 heteroatoms. The zero-order valence-electron chi connectivity index (χ0n) is 14.1.